The van der Waals surface area contributed by atoms with Crippen LogP contribution in [0.3, 0.4) is 0 Å². The zero-order valence-corrected chi connectivity index (χ0v) is 17.7. The van der Waals surface area contributed by atoms with Crippen molar-refractivity contribution >= 4 is 17.6 Å². The molecule has 9 heteroatoms. The van der Waals surface area contributed by atoms with Gasteiger partial charge < -0.3 is 10.1 Å². The maximum Gasteiger partial charge on any atom is 0.339 e. The molecule has 0 unspecified atom stereocenters. The van der Waals surface area contributed by atoms with Crippen molar-refractivity contribution in [2.75, 3.05) is 12.4 Å². The van der Waals surface area contributed by atoms with E-state index in [1.54, 1.807) is 54.9 Å². The number of anilines is 1. The molecule has 2 aromatic heterocycles. The van der Waals surface area contributed by atoms with Crippen LogP contribution in [0.15, 0.2) is 67.0 Å². The summed E-state index contributed by atoms with van der Waals surface area (Å²) in [6, 6.07) is 14.2. The van der Waals surface area contributed by atoms with Crippen molar-refractivity contribution in [2.24, 2.45) is 0 Å². The van der Waals surface area contributed by atoms with E-state index in [0.717, 1.165) is 0 Å². The third-order valence-electron chi connectivity index (χ3n) is 4.66. The van der Waals surface area contributed by atoms with E-state index in [0.29, 0.717) is 34.0 Å². The van der Waals surface area contributed by atoms with Gasteiger partial charge in [-0.25, -0.2) is 29.1 Å². The summed E-state index contributed by atoms with van der Waals surface area (Å²) in [7, 11) is 1.26. The number of halogens is 1. The quantitative estimate of drug-likeness (QED) is 0.462. The number of amides is 1. The van der Waals surface area contributed by atoms with Gasteiger partial charge in [-0.05, 0) is 48.5 Å². The molecule has 0 bridgehead atoms. The second-order valence-electron chi connectivity index (χ2n) is 6.97. The van der Waals surface area contributed by atoms with Crippen molar-refractivity contribution in [2.45, 2.75) is 6.92 Å². The fourth-order valence-electron chi connectivity index (χ4n) is 3.16. The minimum Gasteiger partial charge on any atom is -0.465 e. The Bertz CT molecular complexity index is 1330. The molecule has 1 amide bonds. The first-order valence-corrected chi connectivity index (χ1v) is 9.87. The molecule has 4 aromatic rings. The van der Waals surface area contributed by atoms with Crippen molar-refractivity contribution in [3.63, 3.8) is 0 Å². The van der Waals surface area contributed by atoms with E-state index < -0.39 is 5.97 Å². The lowest BCUT2D eigenvalue weighted by Gasteiger charge is -2.12. The number of esters is 1. The lowest BCUT2D eigenvalue weighted by molar-refractivity contribution is -0.114. The van der Waals surface area contributed by atoms with Crippen LogP contribution in [-0.4, -0.2) is 38.9 Å². The molecule has 0 aliphatic rings. The van der Waals surface area contributed by atoms with Crippen LogP contribution in [0.25, 0.3) is 34.2 Å². The van der Waals surface area contributed by atoms with E-state index in [2.05, 4.69) is 25.3 Å². The van der Waals surface area contributed by atoms with Crippen LogP contribution < -0.4 is 5.32 Å². The highest BCUT2D eigenvalue weighted by atomic mass is 19.1. The van der Waals surface area contributed by atoms with Crippen LogP contribution in [0.5, 0.6) is 0 Å². The predicted molar refractivity (Wildman–Crippen MR) is 120 cm³/mol. The molecular weight excluding hydrogens is 425 g/mol. The Kier molecular flexibility index (Phi) is 6.12. The maximum atomic E-state index is 13.4. The van der Waals surface area contributed by atoms with Gasteiger partial charge in [-0.3, -0.25) is 4.79 Å². The Balaban J connectivity index is 1.89. The topological polar surface area (TPSA) is 107 Å². The Labute approximate surface area is 188 Å². The monoisotopic (exact) mass is 443 g/mol. The van der Waals surface area contributed by atoms with E-state index in [4.69, 9.17) is 4.74 Å². The van der Waals surface area contributed by atoms with Crippen LogP contribution in [0, 0.1) is 5.82 Å². The molecule has 33 heavy (non-hydrogen) atoms. The van der Waals surface area contributed by atoms with E-state index in [-0.39, 0.29) is 23.1 Å². The summed E-state index contributed by atoms with van der Waals surface area (Å²) in [4.78, 5) is 41.5. The Hall–Kier alpha value is -4.53. The molecule has 0 saturated heterocycles. The number of nitrogens with one attached hydrogen (secondary N) is 1. The molecule has 2 aromatic carbocycles. The minimum atomic E-state index is -0.611. The zero-order valence-electron chi connectivity index (χ0n) is 17.7. The lowest BCUT2D eigenvalue weighted by atomic mass is 10.0. The molecule has 0 aliphatic carbocycles. The fourth-order valence-corrected chi connectivity index (χ4v) is 3.16. The molecule has 0 spiro atoms. The van der Waals surface area contributed by atoms with E-state index in [1.807, 2.05) is 0 Å². The van der Waals surface area contributed by atoms with Crippen molar-refractivity contribution < 1.29 is 18.7 Å². The summed E-state index contributed by atoms with van der Waals surface area (Å²) in [5.41, 5.74) is 2.73. The summed E-state index contributed by atoms with van der Waals surface area (Å²) >= 11 is 0. The molecule has 4 rings (SSSR count). The number of aromatic nitrogens is 4. The SMILES string of the molecule is COC(=O)c1cc(-c2cc(-c3ccc(F)cc3)nc(-c3ncccn3)n2)ccc1NC(C)=O. The highest BCUT2D eigenvalue weighted by molar-refractivity contribution is 6.01. The number of ether oxygens (including phenoxy) is 1. The van der Waals surface area contributed by atoms with Gasteiger partial charge in [-0.15, -0.1) is 0 Å². The van der Waals surface area contributed by atoms with Gasteiger partial charge in [0.05, 0.1) is 29.7 Å². The van der Waals surface area contributed by atoms with Crippen LogP contribution in [0.1, 0.15) is 17.3 Å². The van der Waals surface area contributed by atoms with Gasteiger partial charge in [0, 0.05) is 30.4 Å². The average Bonchev–Trinajstić information content (AvgIpc) is 2.84. The summed E-state index contributed by atoms with van der Waals surface area (Å²) in [5.74, 6) is -0.725. The molecule has 0 atom stereocenters. The van der Waals surface area contributed by atoms with E-state index in [1.165, 1.54) is 26.2 Å². The number of hydrogen-bond donors (Lipinski definition) is 1. The van der Waals surface area contributed by atoms with E-state index in [9.17, 15) is 14.0 Å². The molecule has 8 nitrogen and oxygen atoms in total. The van der Waals surface area contributed by atoms with Crippen LogP contribution >= 0.6 is 0 Å². The molecule has 1 N–H and O–H groups in total. The maximum absolute atomic E-state index is 13.4. The molecule has 0 radical (unpaired) electrons. The smallest absolute Gasteiger partial charge is 0.339 e. The molecule has 0 saturated carbocycles. The molecule has 164 valence electrons. The van der Waals surface area contributed by atoms with Crippen molar-refractivity contribution in [1.29, 1.82) is 0 Å². The first kappa shape index (κ1) is 21.7. The van der Waals surface area contributed by atoms with Gasteiger partial charge in [-0.2, -0.15) is 0 Å². The van der Waals surface area contributed by atoms with Gasteiger partial charge in [0.2, 0.25) is 5.91 Å². The van der Waals surface area contributed by atoms with Crippen LogP contribution in [0.4, 0.5) is 10.1 Å². The Morgan fingerprint density at radius 3 is 2.15 bits per heavy atom. The van der Waals surface area contributed by atoms with Gasteiger partial charge >= 0.3 is 5.97 Å². The highest BCUT2D eigenvalue weighted by Crippen LogP contribution is 2.29. The van der Waals surface area contributed by atoms with E-state index >= 15 is 0 Å². The number of carbonyl (C=O) groups is 2. The number of rotatable bonds is 5. The number of nitrogens with zero attached hydrogens (tertiary/aromatic N) is 4. The minimum absolute atomic E-state index is 0.171. The molecule has 2 heterocycles. The Morgan fingerprint density at radius 2 is 1.52 bits per heavy atom. The highest BCUT2D eigenvalue weighted by Gasteiger charge is 2.17. The first-order valence-electron chi connectivity index (χ1n) is 9.87. The number of benzene rings is 2. The standard InChI is InChI=1S/C24H18FN5O3/c1-14(31)28-19-9-6-16(12-18(19)24(32)33-2)21-13-20(15-4-7-17(25)8-5-15)29-23(30-21)22-26-10-3-11-27-22/h3-13H,1-2H3,(H,28,31). The molecule has 0 fully saturated rings. The summed E-state index contributed by atoms with van der Waals surface area (Å²) in [6.45, 7) is 1.35. The second-order valence-corrected chi connectivity index (χ2v) is 6.97. The largest absolute Gasteiger partial charge is 0.465 e. The molecule has 0 aliphatic heterocycles. The van der Waals surface area contributed by atoms with Gasteiger partial charge in [0.25, 0.3) is 0 Å². The lowest BCUT2D eigenvalue weighted by Crippen LogP contribution is -2.12. The fraction of sp³-hybridized carbons (Fsp3) is 0.0833. The summed E-state index contributed by atoms with van der Waals surface area (Å²) < 4.78 is 18.3. The van der Waals surface area contributed by atoms with Gasteiger partial charge in [0.15, 0.2) is 11.6 Å². The van der Waals surface area contributed by atoms with Gasteiger partial charge in [0.1, 0.15) is 5.82 Å². The average molecular weight is 443 g/mol. The summed E-state index contributed by atoms with van der Waals surface area (Å²) in [6.07, 6.45) is 3.15. The Morgan fingerprint density at radius 1 is 0.879 bits per heavy atom. The number of hydrogen-bond acceptors (Lipinski definition) is 7. The third kappa shape index (κ3) is 4.87. The van der Waals surface area contributed by atoms with Crippen molar-refractivity contribution in [3.8, 4) is 34.2 Å². The predicted octanol–water partition coefficient (Wildman–Crippen LogP) is 4.15. The normalized spacial score (nSPS) is 10.5. The van der Waals surface area contributed by atoms with Crippen molar-refractivity contribution in [1.82, 2.24) is 19.9 Å². The number of carbonyl (C=O) groups excluding carboxylic acids is 2. The number of methoxy groups -OCH3 is 1. The second kappa shape index (κ2) is 9.31. The van der Waals surface area contributed by atoms with Gasteiger partial charge in [-0.1, -0.05) is 6.07 Å². The van der Waals surface area contributed by atoms with Crippen LogP contribution in [-0.2, 0) is 9.53 Å². The van der Waals surface area contributed by atoms with Crippen molar-refractivity contribution in [3.05, 3.63) is 78.4 Å². The van der Waals surface area contributed by atoms with Crippen LogP contribution in [0.2, 0.25) is 0 Å². The zero-order chi connectivity index (χ0) is 23.4. The molecular formula is C24H18FN5O3. The first-order chi connectivity index (χ1) is 15.9. The third-order valence-corrected chi connectivity index (χ3v) is 4.66. The summed E-state index contributed by atoms with van der Waals surface area (Å²) in [5, 5.41) is 2.62.